The van der Waals surface area contributed by atoms with E-state index in [1.807, 2.05) is 22.8 Å². The minimum absolute atomic E-state index is 0.267. The van der Waals surface area contributed by atoms with Crippen molar-refractivity contribution in [2.45, 2.75) is 12.0 Å². The number of allylic oxidation sites excluding steroid dienone is 2. The molecule has 0 fully saturated rings. The average molecular weight is 416 g/mol. The zero-order chi connectivity index (χ0) is 17.6. The van der Waals surface area contributed by atoms with Crippen molar-refractivity contribution in [3.05, 3.63) is 63.9 Å². The lowest BCUT2D eigenvalue weighted by molar-refractivity contribution is 0.205. The van der Waals surface area contributed by atoms with Gasteiger partial charge in [-0.1, -0.05) is 41.7 Å². The number of nitrogens with two attached hydrogens (primary N) is 1. The van der Waals surface area contributed by atoms with Crippen molar-refractivity contribution in [2.24, 2.45) is 0 Å². The molecule has 2 heterocycles. The van der Waals surface area contributed by atoms with E-state index in [0.29, 0.717) is 0 Å². The number of imidazole rings is 1. The SMILES string of the molecule is CN(C)C1(c2cn3nc(Br)sc3n2)C=CC(c2ccc(N)cc2)=CC1. The van der Waals surface area contributed by atoms with Crippen LogP contribution in [-0.4, -0.2) is 33.6 Å². The predicted octanol–water partition coefficient (Wildman–Crippen LogP) is 3.94. The minimum Gasteiger partial charge on any atom is -0.399 e. The van der Waals surface area contributed by atoms with Gasteiger partial charge in [-0.05, 0) is 59.7 Å². The number of halogens is 1. The van der Waals surface area contributed by atoms with Crippen LogP contribution in [0.1, 0.15) is 17.7 Å². The monoisotopic (exact) mass is 415 g/mol. The summed E-state index contributed by atoms with van der Waals surface area (Å²) in [5.74, 6) is 0. The number of hydrogen-bond donors (Lipinski definition) is 1. The van der Waals surface area contributed by atoms with Gasteiger partial charge in [0, 0.05) is 5.69 Å². The first-order chi connectivity index (χ1) is 12.0. The fourth-order valence-electron chi connectivity index (χ4n) is 3.15. The van der Waals surface area contributed by atoms with E-state index >= 15 is 0 Å². The van der Waals surface area contributed by atoms with E-state index in [1.54, 1.807) is 0 Å². The quantitative estimate of drug-likeness (QED) is 0.658. The molecule has 25 heavy (non-hydrogen) atoms. The fraction of sp³-hybridized carbons (Fsp3) is 0.222. The molecule has 1 aromatic carbocycles. The average Bonchev–Trinajstić information content (AvgIpc) is 3.13. The smallest absolute Gasteiger partial charge is 0.213 e. The number of rotatable bonds is 3. The highest BCUT2D eigenvalue weighted by atomic mass is 79.9. The highest BCUT2D eigenvalue weighted by Crippen LogP contribution is 2.38. The minimum atomic E-state index is -0.267. The second-order valence-electron chi connectivity index (χ2n) is 6.35. The third-order valence-corrected chi connectivity index (χ3v) is 6.03. The van der Waals surface area contributed by atoms with Crippen LogP contribution in [0, 0.1) is 0 Å². The van der Waals surface area contributed by atoms with Crippen molar-refractivity contribution in [3.8, 4) is 0 Å². The van der Waals surface area contributed by atoms with Crippen molar-refractivity contribution in [1.82, 2.24) is 19.5 Å². The summed E-state index contributed by atoms with van der Waals surface area (Å²) < 4.78 is 2.67. The molecule has 7 heteroatoms. The maximum atomic E-state index is 5.79. The molecule has 4 rings (SSSR count). The zero-order valence-corrected chi connectivity index (χ0v) is 16.4. The largest absolute Gasteiger partial charge is 0.399 e. The third kappa shape index (κ3) is 2.82. The van der Waals surface area contributed by atoms with Gasteiger partial charge in [0.25, 0.3) is 0 Å². The van der Waals surface area contributed by atoms with Crippen LogP contribution in [0.5, 0.6) is 0 Å². The first kappa shape index (κ1) is 16.5. The summed E-state index contributed by atoms with van der Waals surface area (Å²) in [5.41, 5.74) is 9.69. The summed E-state index contributed by atoms with van der Waals surface area (Å²) in [6, 6.07) is 7.99. The molecule has 0 amide bonds. The molecule has 3 aromatic rings. The molecule has 1 aliphatic carbocycles. The van der Waals surface area contributed by atoms with Crippen molar-refractivity contribution in [3.63, 3.8) is 0 Å². The summed E-state index contributed by atoms with van der Waals surface area (Å²) in [7, 11) is 4.17. The molecule has 128 valence electrons. The van der Waals surface area contributed by atoms with Gasteiger partial charge in [0.05, 0.1) is 17.4 Å². The van der Waals surface area contributed by atoms with Gasteiger partial charge in [-0.3, -0.25) is 4.90 Å². The van der Waals surface area contributed by atoms with Crippen LogP contribution in [0.15, 0.2) is 52.6 Å². The molecular formula is C18H18BrN5S. The Balaban J connectivity index is 1.70. The second-order valence-corrected chi connectivity index (χ2v) is 8.58. The van der Waals surface area contributed by atoms with E-state index in [9.17, 15) is 0 Å². The Morgan fingerprint density at radius 3 is 2.64 bits per heavy atom. The topological polar surface area (TPSA) is 59.5 Å². The molecule has 0 bridgehead atoms. The lowest BCUT2D eigenvalue weighted by Gasteiger charge is -2.37. The summed E-state index contributed by atoms with van der Waals surface area (Å²) in [5, 5.41) is 4.41. The van der Waals surface area contributed by atoms with Crippen molar-refractivity contribution in [1.29, 1.82) is 0 Å². The molecule has 0 saturated carbocycles. The molecule has 2 aromatic heterocycles. The second kappa shape index (κ2) is 6.09. The van der Waals surface area contributed by atoms with Gasteiger partial charge >= 0.3 is 0 Å². The number of nitrogen functional groups attached to an aromatic ring is 1. The number of aromatic nitrogens is 3. The molecule has 5 nitrogen and oxygen atoms in total. The van der Waals surface area contributed by atoms with Crippen LogP contribution in [0.25, 0.3) is 10.5 Å². The molecule has 1 atom stereocenters. The third-order valence-electron chi connectivity index (χ3n) is 4.68. The van der Waals surface area contributed by atoms with E-state index in [-0.39, 0.29) is 5.54 Å². The van der Waals surface area contributed by atoms with Crippen LogP contribution >= 0.6 is 27.3 Å². The fourth-order valence-corrected chi connectivity index (χ4v) is 4.37. The predicted molar refractivity (Wildman–Crippen MR) is 107 cm³/mol. The van der Waals surface area contributed by atoms with Gasteiger partial charge in [-0.2, -0.15) is 0 Å². The molecular weight excluding hydrogens is 398 g/mol. The summed E-state index contributed by atoms with van der Waals surface area (Å²) >= 11 is 4.94. The lowest BCUT2D eigenvalue weighted by atomic mass is 9.83. The summed E-state index contributed by atoms with van der Waals surface area (Å²) in [6.07, 6.45) is 9.54. The molecule has 1 aliphatic rings. The van der Waals surface area contributed by atoms with Gasteiger partial charge in [-0.15, -0.1) is 5.10 Å². The number of hydrogen-bond acceptors (Lipinski definition) is 5. The Kier molecular flexibility index (Phi) is 4.02. The summed E-state index contributed by atoms with van der Waals surface area (Å²) in [6.45, 7) is 0. The van der Waals surface area contributed by atoms with Gasteiger partial charge in [0.1, 0.15) is 0 Å². The standard InChI is InChI=1S/C18H18BrN5S/c1-23(2)18(15-11-24-17(21-15)25-16(19)22-24)9-7-13(8-10-18)12-3-5-14(20)6-4-12/h3-9,11H,10,20H2,1-2H3. The van der Waals surface area contributed by atoms with Gasteiger partial charge in [-0.25, -0.2) is 9.50 Å². The van der Waals surface area contributed by atoms with Crippen molar-refractivity contribution in [2.75, 3.05) is 19.8 Å². The van der Waals surface area contributed by atoms with Crippen LogP contribution in [0.3, 0.4) is 0 Å². The van der Waals surface area contributed by atoms with Crippen LogP contribution in [0.2, 0.25) is 0 Å². The van der Waals surface area contributed by atoms with Gasteiger partial charge in [0.15, 0.2) is 3.92 Å². The Labute approximate surface area is 158 Å². The molecule has 0 aliphatic heterocycles. The van der Waals surface area contributed by atoms with E-state index in [4.69, 9.17) is 10.7 Å². The van der Waals surface area contributed by atoms with Crippen LogP contribution in [-0.2, 0) is 5.54 Å². The van der Waals surface area contributed by atoms with Crippen LogP contribution in [0.4, 0.5) is 5.69 Å². The Morgan fingerprint density at radius 1 is 1.28 bits per heavy atom. The molecule has 1 unspecified atom stereocenters. The lowest BCUT2D eigenvalue weighted by Crippen LogP contribution is -2.40. The zero-order valence-electron chi connectivity index (χ0n) is 14.0. The van der Waals surface area contributed by atoms with Crippen molar-refractivity contribution >= 4 is 43.5 Å². The highest BCUT2D eigenvalue weighted by Gasteiger charge is 2.36. The molecule has 0 saturated heterocycles. The molecule has 0 spiro atoms. The molecule has 2 N–H and O–H groups in total. The Morgan fingerprint density at radius 2 is 2.04 bits per heavy atom. The maximum absolute atomic E-state index is 5.79. The van der Waals surface area contributed by atoms with E-state index < -0.39 is 0 Å². The number of fused-ring (bicyclic) bond motifs is 1. The Hall–Kier alpha value is -1.96. The number of nitrogens with zero attached hydrogens (tertiary/aromatic N) is 4. The normalized spacial score (nSPS) is 20.4. The van der Waals surface area contributed by atoms with Gasteiger partial charge < -0.3 is 5.73 Å². The van der Waals surface area contributed by atoms with E-state index in [1.165, 1.54) is 22.5 Å². The van der Waals surface area contributed by atoms with E-state index in [0.717, 1.165) is 26.7 Å². The molecule has 0 radical (unpaired) electrons. The first-order valence-corrected chi connectivity index (χ1v) is 9.54. The number of benzene rings is 1. The number of anilines is 1. The Bertz CT molecular complexity index is 951. The van der Waals surface area contributed by atoms with E-state index in [2.05, 4.69) is 70.4 Å². The number of likely N-dealkylation sites (N-methyl/N-ethyl adjacent to an activating group) is 1. The summed E-state index contributed by atoms with van der Waals surface area (Å²) in [4.78, 5) is 7.91. The highest BCUT2D eigenvalue weighted by molar-refractivity contribution is 9.11. The maximum Gasteiger partial charge on any atom is 0.213 e. The van der Waals surface area contributed by atoms with Gasteiger partial charge in [0.2, 0.25) is 4.96 Å². The van der Waals surface area contributed by atoms with Crippen LogP contribution < -0.4 is 5.73 Å². The van der Waals surface area contributed by atoms with Crippen molar-refractivity contribution < 1.29 is 0 Å². The first-order valence-electron chi connectivity index (χ1n) is 7.93.